The largest absolute Gasteiger partial charge is 0.372 e. The highest BCUT2D eigenvalue weighted by atomic mass is 15.2. The zero-order valence-electron chi connectivity index (χ0n) is 13.1. The van der Waals surface area contributed by atoms with Crippen molar-refractivity contribution in [2.24, 2.45) is 11.7 Å². The fraction of sp³-hybridized carbons (Fsp3) is 0.733. The second-order valence-electron chi connectivity index (χ2n) is 6.22. The summed E-state index contributed by atoms with van der Waals surface area (Å²) in [6, 6.07) is 0. The van der Waals surface area contributed by atoms with Crippen LogP contribution in [0.4, 0.5) is 5.69 Å². The molecule has 1 atom stereocenters. The highest BCUT2D eigenvalue weighted by Crippen LogP contribution is 2.22. The molecule has 0 aliphatic carbocycles. The zero-order valence-corrected chi connectivity index (χ0v) is 13.1. The van der Waals surface area contributed by atoms with Crippen molar-refractivity contribution in [3.63, 3.8) is 0 Å². The van der Waals surface area contributed by atoms with E-state index < -0.39 is 0 Å². The van der Waals surface area contributed by atoms with Crippen molar-refractivity contribution >= 4 is 5.69 Å². The molecule has 2 heterocycles. The lowest BCUT2D eigenvalue weighted by atomic mass is 10.1. The van der Waals surface area contributed by atoms with Crippen molar-refractivity contribution in [3.8, 4) is 0 Å². The van der Waals surface area contributed by atoms with Crippen molar-refractivity contribution in [1.82, 2.24) is 14.9 Å². The van der Waals surface area contributed by atoms with E-state index in [-0.39, 0.29) is 0 Å². The molecule has 1 aliphatic heterocycles. The zero-order chi connectivity index (χ0) is 14.7. The maximum absolute atomic E-state index is 5.86. The molecule has 2 rings (SSSR count). The standard InChI is InChI=1S/C15H27N5/c1-11(2)15-17-8-14(13(7-16)18-15)20(4)10-12-5-6-19(3)9-12/h8,11-12H,5-7,9-10,16H2,1-4H3. The summed E-state index contributed by atoms with van der Waals surface area (Å²) in [7, 11) is 4.30. The van der Waals surface area contributed by atoms with Crippen LogP contribution in [0.15, 0.2) is 6.20 Å². The molecule has 0 amide bonds. The van der Waals surface area contributed by atoms with Gasteiger partial charge in [-0.3, -0.25) is 0 Å². The Morgan fingerprint density at radius 2 is 2.25 bits per heavy atom. The second-order valence-corrected chi connectivity index (χ2v) is 6.22. The number of likely N-dealkylation sites (tertiary alicyclic amines) is 1. The van der Waals surface area contributed by atoms with E-state index in [1.807, 2.05) is 6.20 Å². The average molecular weight is 277 g/mol. The van der Waals surface area contributed by atoms with Crippen LogP contribution in [-0.4, -0.2) is 48.6 Å². The van der Waals surface area contributed by atoms with Crippen molar-refractivity contribution in [2.75, 3.05) is 38.6 Å². The van der Waals surface area contributed by atoms with E-state index in [1.165, 1.54) is 19.5 Å². The molecule has 0 radical (unpaired) electrons. The fourth-order valence-electron chi connectivity index (χ4n) is 2.83. The minimum Gasteiger partial charge on any atom is -0.372 e. The molecule has 112 valence electrons. The summed E-state index contributed by atoms with van der Waals surface area (Å²) >= 11 is 0. The lowest BCUT2D eigenvalue weighted by Crippen LogP contribution is -2.29. The van der Waals surface area contributed by atoms with Crippen LogP contribution in [0, 0.1) is 5.92 Å². The van der Waals surface area contributed by atoms with Gasteiger partial charge in [0.15, 0.2) is 0 Å². The Labute approximate surface area is 122 Å². The Morgan fingerprint density at radius 3 is 2.80 bits per heavy atom. The predicted octanol–water partition coefficient (Wildman–Crippen LogP) is 1.45. The third kappa shape index (κ3) is 3.46. The van der Waals surface area contributed by atoms with Gasteiger partial charge in [-0.15, -0.1) is 0 Å². The molecule has 5 nitrogen and oxygen atoms in total. The first-order chi connectivity index (χ1) is 9.51. The highest BCUT2D eigenvalue weighted by Gasteiger charge is 2.22. The van der Waals surface area contributed by atoms with E-state index in [4.69, 9.17) is 5.73 Å². The molecular weight excluding hydrogens is 250 g/mol. The van der Waals surface area contributed by atoms with Crippen molar-refractivity contribution < 1.29 is 0 Å². The van der Waals surface area contributed by atoms with E-state index in [0.717, 1.165) is 29.7 Å². The van der Waals surface area contributed by atoms with Crippen LogP contribution in [0.5, 0.6) is 0 Å². The van der Waals surface area contributed by atoms with Crippen LogP contribution < -0.4 is 10.6 Å². The van der Waals surface area contributed by atoms with Crippen LogP contribution in [0.25, 0.3) is 0 Å². The van der Waals surface area contributed by atoms with Gasteiger partial charge in [0.25, 0.3) is 0 Å². The van der Waals surface area contributed by atoms with Crippen LogP contribution in [0.2, 0.25) is 0 Å². The van der Waals surface area contributed by atoms with Crippen LogP contribution in [0.1, 0.15) is 37.7 Å². The summed E-state index contributed by atoms with van der Waals surface area (Å²) in [5, 5.41) is 0. The molecule has 0 bridgehead atoms. The number of hydrogen-bond acceptors (Lipinski definition) is 5. The molecule has 1 fully saturated rings. The van der Waals surface area contributed by atoms with E-state index in [1.54, 1.807) is 0 Å². The first-order valence-corrected chi connectivity index (χ1v) is 7.46. The summed E-state index contributed by atoms with van der Waals surface area (Å²) in [6.07, 6.45) is 3.20. The van der Waals surface area contributed by atoms with Gasteiger partial charge in [-0.2, -0.15) is 0 Å². The molecule has 1 saturated heterocycles. The van der Waals surface area contributed by atoms with E-state index in [0.29, 0.717) is 12.5 Å². The van der Waals surface area contributed by atoms with Crippen molar-refractivity contribution in [1.29, 1.82) is 0 Å². The summed E-state index contributed by atoms with van der Waals surface area (Å²) < 4.78 is 0. The molecule has 0 spiro atoms. The Hall–Kier alpha value is -1.20. The number of nitrogens with zero attached hydrogens (tertiary/aromatic N) is 4. The fourth-order valence-corrected chi connectivity index (χ4v) is 2.83. The number of hydrogen-bond donors (Lipinski definition) is 1. The maximum Gasteiger partial charge on any atom is 0.131 e. The molecule has 20 heavy (non-hydrogen) atoms. The molecule has 0 saturated carbocycles. The van der Waals surface area contributed by atoms with Gasteiger partial charge >= 0.3 is 0 Å². The van der Waals surface area contributed by atoms with E-state index in [9.17, 15) is 0 Å². The van der Waals surface area contributed by atoms with Crippen molar-refractivity contribution in [3.05, 3.63) is 17.7 Å². The van der Waals surface area contributed by atoms with Crippen LogP contribution in [0.3, 0.4) is 0 Å². The minimum atomic E-state index is 0.336. The predicted molar refractivity (Wildman–Crippen MR) is 82.9 cm³/mol. The van der Waals surface area contributed by atoms with Gasteiger partial charge in [0, 0.05) is 32.6 Å². The lowest BCUT2D eigenvalue weighted by Gasteiger charge is -2.25. The monoisotopic (exact) mass is 277 g/mol. The second kappa shape index (κ2) is 6.50. The Balaban J connectivity index is 2.10. The Morgan fingerprint density at radius 1 is 1.50 bits per heavy atom. The molecule has 1 aromatic rings. The first kappa shape index (κ1) is 15.2. The van der Waals surface area contributed by atoms with E-state index >= 15 is 0 Å². The Bertz CT molecular complexity index is 446. The molecular formula is C15H27N5. The normalized spacial score (nSPS) is 19.8. The smallest absolute Gasteiger partial charge is 0.131 e. The van der Waals surface area contributed by atoms with Crippen LogP contribution >= 0.6 is 0 Å². The molecule has 1 aromatic heterocycles. The van der Waals surface area contributed by atoms with Gasteiger partial charge in [-0.05, 0) is 25.9 Å². The summed E-state index contributed by atoms with van der Waals surface area (Å²) in [4.78, 5) is 13.7. The molecule has 2 N–H and O–H groups in total. The van der Waals surface area contributed by atoms with Gasteiger partial charge in [0.2, 0.25) is 0 Å². The minimum absolute atomic E-state index is 0.336. The lowest BCUT2D eigenvalue weighted by molar-refractivity contribution is 0.396. The van der Waals surface area contributed by atoms with Crippen LogP contribution in [-0.2, 0) is 6.54 Å². The summed E-state index contributed by atoms with van der Waals surface area (Å²) in [5.74, 6) is 1.94. The number of anilines is 1. The molecule has 5 heteroatoms. The average Bonchev–Trinajstić information content (AvgIpc) is 2.83. The molecule has 1 aliphatic rings. The summed E-state index contributed by atoms with van der Waals surface area (Å²) in [6.45, 7) is 8.09. The van der Waals surface area contributed by atoms with Gasteiger partial charge in [-0.25, -0.2) is 9.97 Å². The van der Waals surface area contributed by atoms with Gasteiger partial charge in [0.05, 0.1) is 17.6 Å². The number of nitrogens with two attached hydrogens (primary N) is 1. The van der Waals surface area contributed by atoms with Crippen molar-refractivity contribution in [2.45, 2.75) is 32.7 Å². The number of rotatable bonds is 5. The Kier molecular flexibility index (Phi) is 4.94. The third-order valence-corrected chi connectivity index (χ3v) is 4.01. The first-order valence-electron chi connectivity index (χ1n) is 7.46. The quantitative estimate of drug-likeness (QED) is 0.882. The topological polar surface area (TPSA) is 58.3 Å². The highest BCUT2D eigenvalue weighted by molar-refractivity contribution is 5.48. The number of aromatic nitrogens is 2. The maximum atomic E-state index is 5.86. The molecule has 1 unspecified atom stereocenters. The van der Waals surface area contributed by atoms with Gasteiger partial charge in [-0.1, -0.05) is 13.8 Å². The SMILES string of the molecule is CC(C)c1ncc(N(C)CC2CCN(C)C2)c(CN)n1. The van der Waals surface area contributed by atoms with Gasteiger partial charge < -0.3 is 15.5 Å². The summed E-state index contributed by atoms with van der Waals surface area (Å²) in [5.41, 5.74) is 7.89. The molecule has 0 aromatic carbocycles. The van der Waals surface area contributed by atoms with Gasteiger partial charge in [0.1, 0.15) is 5.82 Å². The third-order valence-electron chi connectivity index (χ3n) is 4.01. The van der Waals surface area contributed by atoms with E-state index in [2.05, 4.69) is 47.7 Å².